The van der Waals surface area contributed by atoms with Gasteiger partial charge in [0.25, 0.3) is 0 Å². The van der Waals surface area contributed by atoms with E-state index in [0.29, 0.717) is 12.4 Å². The highest BCUT2D eigenvalue weighted by Crippen LogP contribution is 2.27. The third kappa shape index (κ3) is 3.33. The van der Waals surface area contributed by atoms with Gasteiger partial charge in [-0.2, -0.15) is 0 Å². The van der Waals surface area contributed by atoms with E-state index in [1.807, 2.05) is 44.2 Å². The molecule has 0 bridgehead atoms. The van der Waals surface area contributed by atoms with Crippen molar-refractivity contribution in [1.29, 1.82) is 0 Å². The van der Waals surface area contributed by atoms with Gasteiger partial charge in [0.15, 0.2) is 0 Å². The van der Waals surface area contributed by atoms with E-state index < -0.39 is 11.8 Å². The van der Waals surface area contributed by atoms with Crippen LogP contribution in [0.4, 0.5) is 5.69 Å². The molecule has 6 heteroatoms. The number of hydrogen-bond acceptors (Lipinski definition) is 4. The molecular weight excluding hydrogens is 318 g/mol. The third-order valence-electron chi connectivity index (χ3n) is 4.38. The van der Waals surface area contributed by atoms with Crippen LogP contribution in [0.1, 0.15) is 22.4 Å². The molecule has 0 fully saturated rings. The molecule has 6 nitrogen and oxygen atoms in total. The summed E-state index contributed by atoms with van der Waals surface area (Å²) in [5, 5.41) is 2.69. The van der Waals surface area contributed by atoms with Gasteiger partial charge < -0.3 is 15.0 Å². The van der Waals surface area contributed by atoms with E-state index in [2.05, 4.69) is 10.3 Å². The van der Waals surface area contributed by atoms with E-state index in [-0.39, 0.29) is 6.54 Å². The number of benzene rings is 1. The lowest BCUT2D eigenvalue weighted by molar-refractivity contribution is -0.137. The number of carbonyl (C=O) groups excluding carboxylic acids is 2. The largest absolute Gasteiger partial charge is 0.481 e. The van der Waals surface area contributed by atoms with Gasteiger partial charge in [0.1, 0.15) is 0 Å². The van der Waals surface area contributed by atoms with Crippen molar-refractivity contribution < 1.29 is 14.3 Å². The second kappa shape index (κ2) is 6.93. The van der Waals surface area contributed by atoms with Crippen LogP contribution in [-0.4, -0.2) is 30.5 Å². The summed E-state index contributed by atoms with van der Waals surface area (Å²) in [6, 6.07) is 9.57. The van der Waals surface area contributed by atoms with E-state index in [1.165, 1.54) is 4.90 Å². The summed E-state index contributed by atoms with van der Waals surface area (Å²) in [6.07, 6.45) is 0.768. The van der Waals surface area contributed by atoms with Gasteiger partial charge in [0.2, 0.25) is 5.88 Å². The fourth-order valence-electron chi connectivity index (χ4n) is 3.13. The predicted octanol–water partition coefficient (Wildman–Crippen LogP) is 1.91. The van der Waals surface area contributed by atoms with E-state index in [0.717, 1.165) is 34.5 Å². The van der Waals surface area contributed by atoms with Crippen molar-refractivity contribution in [3.05, 3.63) is 52.7 Å². The minimum absolute atomic E-state index is 0.197. The molecule has 0 aliphatic carbocycles. The highest BCUT2D eigenvalue weighted by Gasteiger charge is 2.28. The van der Waals surface area contributed by atoms with Crippen LogP contribution in [0.25, 0.3) is 0 Å². The zero-order valence-corrected chi connectivity index (χ0v) is 14.6. The minimum atomic E-state index is -0.626. The summed E-state index contributed by atoms with van der Waals surface area (Å²) < 4.78 is 5.29. The number of pyridine rings is 1. The first-order valence-electron chi connectivity index (χ1n) is 8.20. The number of anilines is 1. The molecule has 1 aromatic heterocycles. The Labute approximate surface area is 146 Å². The molecular formula is C19H21N3O3. The fourth-order valence-corrected chi connectivity index (χ4v) is 3.13. The van der Waals surface area contributed by atoms with E-state index >= 15 is 0 Å². The Balaban J connectivity index is 1.71. The van der Waals surface area contributed by atoms with Crippen LogP contribution in [0.5, 0.6) is 5.88 Å². The number of rotatable bonds is 3. The number of methoxy groups -OCH3 is 1. The molecule has 3 rings (SSSR count). The quantitative estimate of drug-likeness (QED) is 0.867. The molecule has 1 N–H and O–H groups in total. The summed E-state index contributed by atoms with van der Waals surface area (Å²) in [5.74, 6) is -0.697. The number of carbonyl (C=O) groups is 2. The SMILES string of the molecule is COc1nc(C)cc(C)c1CNC(=O)C(=O)N1CCc2ccccc21. The maximum absolute atomic E-state index is 12.5. The molecule has 1 aliphatic rings. The van der Waals surface area contributed by atoms with Gasteiger partial charge in [-0.15, -0.1) is 0 Å². The van der Waals surface area contributed by atoms with Gasteiger partial charge in [-0.25, -0.2) is 4.98 Å². The Morgan fingerprint density at radius 3 is 2.80 bits per heavy atom. The Morgan fingerprint density at radius 1 is 1.28 bits per heavy atom. The summed E-state index contributed by atoms with van der Waals surface area (Å²) in [5.41, 5.74) is 4.48. The van der Waals surface area contributed by atoms with Gasteiger partial charge in [-0.05, 0) is 43.5 Å². The number of hydrogen-bond donors (Lipinski definition) is 1. The molecule has 0 radical (unpaired) electrons. The number of nitrogens with zero attached hydrogens (tertiary/aromatic N) is 2. The van der Waals surface area contributed by atoms with Crippen molar-refractivity contribution in [2.24, 2.45) is 0 Å². The maximum atomic E-state index is 12.5. The van der Waals surface area contributed by atoms with Crippen molar-refractivity contribution in [3.8, 4) is 5.88 Å². The standard InChI is InChI=1S/C19H21N3O3/c1-12-10-13(2)21-18(25-3)15(12)11-20-17(23)19(24)22-9-8-14-6-4-5-7-16(14)22/h4-7,10H,8-9,11H2,1-3H3,(H,20,23). The molecule has 25 heavy (non-hydrogen) atoms. The van der Waals surface area contributed by atoms with Crippen molar-refractivity contribution in [1.82, 2.24) is 10.3 Å². The number of amides is 2. The third-order valence-corrected chi connectivity index (χ3v) is 4.38. The molecule has 0 atom stereocenters. The van der Waals surface area contributed by atoms with E-state index in [4.69, 9.17) is 4.74 Å². The van der Waals surface area contributed by atoms with Crippen LogP contribution >= 0.6 is 0 Å². The Kier molecular flexibility index (Phi) is 4.70. The number of nitrogens with one attached hydrogen (secondary N) is 1. The minimum Gasteiger partial charge on any atom is -0.481 e. The van der Waals surface area contributed by atoms with Crippen LogP contribution in [0, 0.1) is 13.8 Å². The van der Waals surface area contributed by atoms with Crippen molar-refractivity contribution in [2.75, 3.05) is 18.6 Å². The molecule has 0 saturated heterocycles. The molecule has 130 valence electrons. The van der Waals surface area contributed by atoms with Crippen molar-refractivity contribution in [3.63, 3.8) is 0 Å². The van der Waals surface area contributed by atoms with E-state index in [9.17, 15) is 9.59 Å². The van der Waals surface area contributed by atoms with Crippen LogP contribution in [0.15, 0.2) is 30.3 Å². The molecule has 0 saturated carbocycles. The van der Waals surface area contributed by atoms with Gasteiger partial charge >= 0.3 is 11.8 Å². The Hall–Kier alpha value is -2.89. The topological polar surface area (TPSA) is 71.5 Å². The fraction of sp³-hybridized carbons (Fsp3) is 0.316. The second-order valence-electron chi connectivity index (χ2n) is 6.09. The zero-order valence-electron chi connectivity index (χ0n) is 14.6. The second-order valence-corrected chi connectivity index (χ2v) is 6.09. The summed E-state index contributed by atoms with van der Waals surface area (Å²) in [6.45, 7) is 4.53. The molecule has 0 unspecified atom stereocenters. The average Bonchev–Trinajstić information content (AvgIpc) is 3.03. The molecule has 0 spiro atoms. The van der Waals surface area contributed by atoms with E-state index in [1.54, 1.807) is 7.11 Å². The van der Waals surface area contributed by atoms with Crippen molar-refractivity contribution in [2.45, 2.75) is 26.8 Å². The summed E-state index contributed by atoms with van der Waals surface area (Å²) in [7, 11) is 1.54. The Bertz CT molecular complexity index is 833. The highest BCUT2D eigenvalue weighted by atomic mass is 16.5. The first-order chi connectivity index (χ1) is 12.0. The van der Waals surface area contributed by atoms with Crippen LogP contribution in [0.2, 0.25) is 0 Å². The van der Waals surface area contributed by atoms with Crippen LogP contribution < -0.4 is 15.0 Å². The number of aromatic nitrogens is 1. The lowest BCUT2D eigenvalue weighted by Crippen LogP contribution is -2.42. The van der Waals surface area contributed by atoms with Gasteiger partial charge in [-0.1, -0.05) is 18.2 Å². The first kappa shape index (κ1) is 17.0. The lowest BCUT2D eigenvalue weighted by atomic mass is 10.1. The van der Waals surface area contributed by atoms with Gasteiger partial charge in [0.05, 0.1) is 7.11 Å². The normalized spacial score (nSPS) is 12.7. The summed E-state index contributed by atoms with van der Waals surface area (Å²) >= 11 is 0. The number of ether oxygens (including phenoxy) is 1. The highest BCUT2D eigenvalue weighted by molar-refractivity contribution is 6.40. The molecule has 2 aromatic rings. The molecule has 1 aromatic carbocycles. The molecule has 2 heterocycles. The van der Waals surface area contributed by atoms with Crippen LogP contribution in [0.3, 0.4) is 0 Å². The Morgan fingerprint density at radius 2 is 2.04 bits per heavy atom. The molecule has 2 amide bonds. The molecule has 1 aliphatic heterocycles. The smallest absolute Gasteiger partial charge is 0.316 e. The van der Waals surface area contributed by atoms with Crippen molar-refractivity contribution >= 4 is 17.5 Å². The number of fused-ring (bicyclic) bond motifs is 1. The zero-order chi connectivity index (χ0) is 18.0. The lowest BCUT2D eigenvalue weighted by Gasteiger charge is -2.17. The first-order valence-corrected chi connectivity index (χ1v) is 8.20. The van der Waals surface area contributed by atoms with Crippen LogP contribution in [-0.2, 0) is 22.6 Å². The number of para-hydroxylation sites is 1. The average molecular weight is 339 g/mol. The van der Waals surface area contributed by atoms with Gasteiger partial charge in [-0.3, -0.25) is 9.59 Å². The van der Waals surface area contributed by atoms with Gasteiger partial charge in [0, 0.05) is 30.0 Å². The monoisotopic (exact) mass is 339 g/mol. The number of aryl methyl sites for hydroxylation is 2. The summed E-state index contributed by atoms with van der Waals surface area (Å²) in [4.78, 5) is 30.7. The maximum Gasteiger partial charge on any atom is 0.316 e. The predicted molar refractivity (Wildman–Crippen MR) is 94.6 cm³/mol.